The molecule has 0 saturated heterocycles. The van der Waals surface area contributed by atoms with Crippen molar-refractivity contribution in [2.24, 2.45) is 0 Å². The molecule has 0 aliphatic heterocycles. The molecule has 0 amide bonds. The summed E-state index contributed by atoms with van der Waals surface area (Å²) in [4.78, 5) is 10.7. The largest absolute Gasteiger partial charge is 0.468 e. The van der Waals surface area contributed by atoms with E-state index < -0.39 is 50.4 Å². The first-order valence-corrected chi connectivity index (χ1v) is 11.4. The van der Waals surface area contributed by atoms with E-state index in [1.165, 1.54) is 0 Å². The minimum Gasteiger partial charge on any atom is -0.468 e. The van der Waals surface area contributed by atoms with E-state index in [0.717, 1.165) is 24.4 Å². The van der Waals surface area contributed by atoms with Crippen molar-refractivity contribution in [2.45, 2.75) is 29.0 Å². The molecule has 0 saturated carbocycles. The van der Waals surface area contributed by atoms with Crippen LogP contribution in [-0.2, 0) is 37.7 Å². The second kappa shape index (κ2) is 10.1. The lowest BCUT2D eigenvalue weighted by atomic mass is 10.1. The molecule has 5 nitrogen and oxygen atoms in total. The Morgan fingerprint density at radius 3 is 2.00 bits per heavy atom. The van der Waals surface area contributed by atoms with Gasteiger partial charge in [-0.2, -0.15) is 42.8 Å². The number of methoxy groups -OCH3 is 1. The van der Waals surface area contributed by atoms with Gasteiger partial charge in [-0.1, -0.05) is 30.3 Å². The summed E-state index contributed by atoms with van der Waals surface area (Å²) in [6, 6.07) is 7.30. The van der Waals surface area contributed by atoms with Gasteiger partial charge in [0.25, 0.3) is 0 Å². The van der Waals surface area contributed by atoms with Crippen molar-refractivity contribution in [3.8, 4) is 0 Å². The molecule has 1 N–H and O–H groups in total. The third kappa shape index (κ3) is 7.14. The number of hydrogen-bond donors (Lipinski definition) is 1. The highest BCUT2D eigenvalue weighted by Gasteiger charge is 2.39. The second-order valence-electron chi connectivity index (χ2n) is 6.44. The average molecular weight is 501 g/mol. The van der Waals surface area contributed by atoms with Gasteiger partial charge in [0.2, 0.25) is 10.0 Å². The van der Waals surface area contributed by atoms with Gasteiger partial charge in [0.15, 0.2) is 0 Å². The van der Waals surface area contributed by atoms with Crippen LogP contribution >= 0.6 is 11.8 Å². The van der Waals surface area contributed by atoms with Crippen molar-refractivity contribution in [3.63, 3.8) is 0 Å². The lowest BCUT2D eigenvalue weighted by molar-refractivity contribution is -0.144. The van der Waals surface area contributed by atoms with Crippen molar-refractivity contribution in [2.75, 3.05) is 12.9 Å². The lowest BCUT2D eigenvalue weighted by Gasteiger charge is -2.18. The highest BCUT2D eigenvalue weighted by atomic mass is 32.2. The maximum atomic E-state index is 13.0. The number of carbonyl (C=O) groups excluding carboxylic acids is 1. The maximum absolute atomic E-state index is 13.0. The molecule has 13 heteroatoms. The minimum atomic E-state index is -5.22. The third-order valence-electron chi connectivity index (χ3n) is 4.05. The minimum absolute atomic E-state index is 0.0724. The van der Waals surface area contributed by atoms with Crippen LogP contribution in [0, 0.1) is 0 Å². The molecular weight excluding hydrogens is 484 g/mol. The molecule has 176 valence electrons. The topological polar surface area (TPSA) is 72.5 Å². The van der Waals surface area contributed by atoms with Gasteiger partial charge in [0.1, 0.15) is 6.04 Å². The molecule has 0 spiro atoms. The molecule has 0 fully saturated rings. The number of thioether (sulfide) groups is 1. The van der Waals surface area contributed by atoms with Crippen molar-refractivity contribution in [3.05, 3.63) is 65.2 Å². The number of hydrogen-bond acceptors (Lipinski definition) is 5. The Balaban J connectivity index is 2.31. The number of ether oxygens (including phenoxy) is 1. The van der Waals surface area contributed by atoms with Crippen molar-refractivity contribution in [1.29, 1.82) is 0 Å². The van der Waals surface area contributed by atoms with E-state index in [1.54, 1.807) is 30.3 Å². The number of carbonyl (C=O) groups is 1. The average Bonchev–Trinajstić information content (AvgIpc) is 2.71. The first kappa shape index (κ1) is 26.0. The number of rotatable bonds is 8. The Morgan fingerprint density at radius 2 is 1.53 bits per heavy atom. The second-order valence-corrected chi connectivity index (χ2v) is 9.18. The summed E-state index contributed by atoms with van der Waals surface area (Å²) < 4.78 is 110. The molecule has 2 aromatic carbocycles. The predicted octanol–water partition coefficient (Wildman–Crippen LogP) is 4.48. The quantitative estimate of drug-likeness (QED) is 0.427. The van der Waals surface area contributed by atoms with E-state index in [9.17, 15) is 39.6 Å². The number of sulfonamides is 1. The Kier molecular flexibility index (Phi) is 8.23. The fourth-order valence-electron chi connectivity index (χ4n) is 2.50. The van der Waals surface area contributed by atoms with Gasteiger partial charge >= 0.3 is 18.3 Å². The molecule has 32 heavy (non-hydrogen) atoms. The number of halogens is 6. The number of nitrogens with one attached hydrogen (secondary N) is 1. The zero-order valence-electron chi connectivity index (χ0n) is 16.3. The number of alkyl halides is 6. The summed E-state index contributed by atoms with van der Waals surface area (Å²) in [7, 11) is -3.97. The molecule has 0 heterocycles. The molecule has 0 aromatic heterocycles. The fraction of sp³-hybridized carbons (Fsp3) is 0.316. The Morgan fingerprint density at radius 1 is 1.00 bits per heavy atom. The molecule has 0 bridgehead atoms. The monoisotopic (exact) mass is 501 g/mol. The third-order valence-corrected chi connectivity index (χ3v) is 6.61. The van der Waals surface area contributed by atoms with Crippen LogP contribution < -0.4 is 4.72 Å². The van der Waals surface area contributed by atoms with Crippen LogP contribution in [0.15, 0.2) is 53.4 Å². The van der Waals surface area contributed by atoms with Crippen LogP contribution in [0.3, 0.4) is 0 Å². The van der Waals surface area contributed by atoms with Gasteiger partial charge in [0.05, 0.1) is 23.1 Å². The van der Waals surface area contributed by atoms with E-state index in [-0.39, 0.29) is 24.0 Å². The van der Waals surface area contributed by atoms with E-state index in [2.05, 4.69) is 4.74 Å². The van der Waals surface area contributed by atoms with Gasteiger partial charge in [-0.05, 0) is 23.8 Å². The molecule has 1 atom stereocenters. The molecule has 0 radical (unpaired) electrons. The highest BCUT2D eigenvalue weighted by molar-refractivity contribution is 7.98. The lowest BCUT2D eigenvalue weighted by Crippen LogP contribution is -2.43. The highest BCUT2D eigenvalue weighted by Crippen LogP contribution is 2.37. The standard InChI is InChI=1S/C19H17F6NO4S2/c1-30-17(27)16(11-31-10-12-5-3-2-4-6-12)26-32(28,29)15-8-13(18(20,21)22)7-14(9-15)19(23,24)25/h2-9,16,26H,10-11H2,1H3. The zero-order chi connectivity index (χ0) is 24.2. The summed E-state index contributed by atoms with van der Waals surface area (Å²) in [6.45, 7) is 0. The van der Waals surface area contributed by atoms with Gasteiger partial charge in [-0.15, -0.1) is 0 Å². The molecule has 2 aromatic rings. The summed E-state index contributed by atoms with van der Waals surface area (Å²) in [5.41, 5.74) is -2.72. The van der Waals surface area contributed by atoms with E-state index >= 15 is 0 Å². The van der Waals surface area contributed by atoms with Crippen LogP contribution in [0.4, 0.5) is 26.3 Å². The van der Waals surface area contributed by atoms with E-state index in [1.807, 2.05) is 4.72 Å². The van der Waals surface area contributed by atoms with Gasteiger partial charge in [0, 0.05) is 11.5 Å². The Labute approximate surface area is 184 Å². The van der Waals surface area contributed by atoms with Crippen molar-refractivity contribution >= 4 is 27.8 Å². The summed E-state index contributed by atoms with van der Waals surface area (Å²) >= 11 is 1.12. The smallest absolute Gasteiger partial charge is 0.416 e. The predicted molar refractivity (Wildman–Crippen MR) is 105 cm³/mol. The van der Waals surface area contributed by atoms with Crippen molar-refractivity contribution < 1.29 is 44.3 Å². The molecule has 2 rings (SSSR count). The van der Waals surface area contributed by atoms with Crippen LogP contribution in [0.1, 0.15) is 16.7 Å². The SMILES string of the molecule is COC(=O)C(CSCc1ccccc1)NS(=O)(=O)c1cc(C(F)(F)F)cc(C(F)(F)F)c1. The zero-order valence-corrected chi connectivity index (χ0v) is 18.0. The molecular formula is C19H17F6NO4S2. The number of esters is 1. The van der Waals surface area contributed by atoms with Crippen LogP contribution in [0.25, 0.3) is 0 Å². The first-order chi connectivity index (χ1) is 14.7. The molecule has 0 aliphatic rings. The number of benzene rings is 2. The van der Waals surface area contributed by atoms with Gasteiger partial charge in [-0.3, -0.25) is 4.79 Å². The first-order valence-electron chi connectivity index (χ1n) is 8.75. The maximum Gasteiger partial charge on any atom is 0.416 e. The summed E-state index contributed by atoms with van der Waals surface area (Å²) in [5.74, 6) is -0.846. The Hall–Kier alpha value is -2.25. The fourth-order valence-corrected chi connectivity index (χ4v) is 4.86. The van der Waals surface area contributed by atoms with Crippen LogP contribution in [0.2, 0.25) is 0 Å². The Bertz CT molecular complexity index is 1010. The molecule has 1 unspecified atom stereocenters. The van der Waals surface area contributed by atoms with E-state index in [4.69, 9.17) is 0 Å². The van der Waals surface area contributed by atoms with Gasteiger partial charge < -0.3 is 4.74 Å². The normalized spacial score (nSPS) is 13.6. The van der Waals surface area contributed by atoms with Crippen molar-refractivity contribution in [1.82, 2.24) is 4.72 Å². The van der Waals surface area contributed by atoms with Gasteiger partial charge in [-0.25, -0.2) is 8.42 Å². The van der Waals surface area contributed by atoms with Crippen LogP contribution in [-0.4, -0.2) is 33.3 Å². The van der Waals surface area contributed by atoms with Crippen LogP contribution in [0.5, 0.6) is 0 Å². The summed E-state index contributed by atoms with van der Waals surface area (Å²) in [5, 5.41) is 0. The summed E-state index contributed by atoms with van der Waals surface area (Å²) in [6.07, 6.45) is -10.4. The molecule has 0 aliphatic carbocycles. The van der Waals surface area contributed by atoms with E-state index in [0.29, 0.717) is 5.75 Å².